The van der Waals surface area contributed by atoms with Crippen LogP contribution in [0.25, 0.3) is 0 Å². The predicted octanol–water partition coefficient (Wildman–Crippen LogP) is 2.84. The fourth-order valence-electron chi connectivity index (χ4n) is 3.68. The summed E-state index contributed by atoms with van der Waals surface area (Å²) in [6, 6.07) is 13.5. The van der Waals surface area contributed by atoms with Crippen LogP contribution >= 0.6 is 0 Å². The summed E-state index contributed by atoms with van der Waals surface area (Å²) in [6.45, 7) is 0. The molecule has 144 valence electrons. The number of benzene rings is 2. The zero-order valence-electron chi connectivity index (χ0n) is 15.7. The fourth-order valence-corrected chi connectivity index (χ4v) is 3.68. The van der Waals surface area contributed by atoms with Gasteiger partial charge < -0.3 is 19.9 Å². The first-order chi connectivity index (χ1) is 14.0. The SMILES string of the molecule is COc1ccc(OC)c(C2C(C#N)=C(N)OC3=C2C(=O)c2ccccc2C3=O)c1. The highest BCUT2D eigenvalue weighted by molar-refractivity contribution is 6.27. The maximum Gasteiger partial charge on any atom is 0.229 e. The van der Waals surface area contributed by atoms with Crippen molar-refractivity contribution in [1.29, 1.82) is 5.26 Å². The van der Waals surface area contributed by atoms with Crippen LogP contribution in [0.15, 0.2) is 65.3 Å². The van der Waals surface area contributed by atoms with Crippen LogP contribution in [0.1, 0.15) is 32.2 Å². The molecule has 4 rings (SSSR count). The van der Waals surface area contributed by atoms with E-state index in [2.05, 4.69) is 0 Å². The summed E-state index contributed by atoms with van der Waals surface area (Å²) in [6.07, 6.45) is 0. The molecule has 1 aliphatic heterocycles. The lowest BCUT2D eigenvalue weighted by atomic mass is 9.75. The highest BCUT2D eigenvalue weighted by atomic mass is 16.5. The first-order valence-electron chi connectivity index (χ1n) is 8.73. The van der Waals surface area contributed by atoms with E-state index in [0.29, 0.717) is 17.1 Å². The number of rotatable bonds is 3. The maximum absolute atomic E-state index is 13.4. The molecule has 29 heavy (non-hydrogen) atoms. The minimum absolute atomic E-state index is 0.0239. The second-order valence-electron chi connectivity index (χ2n) is 6.48. The van der Waals surface area contributed by atoms with E-state index in [4.69, 9.17) is 19.9 Å². The monoisotopic (exact) mass is 388 g/mol. The molecule has 7 heteroatoms. The van der Waals surface area contributed by atoms with E-state index >= 15 is 0 Å². The van der Waals surface area contributed by atoms with Crippen molar-refractivity contribution in [2.45, 2.75) is 5.92 Å². The van der Waals surface area contributed by atoms with Gasteiger partial charge in [0.2, 0.25) is 11.7 Å². The first-order valence-corrected chi connectivity index (χ1v) is 8.73. The van der Waals surface area contributed by atoms with Gasteiger partial charge in [-0.2, -0.15) is 5.26 Å². The number of nitrogens with zero attached hydrogens (tertiary/aromatic N) is 1. The van der Waals surface area contributed by atoms with Crippen LogP contribution in [0.2, 0.25) is 0 Å². The van der Waals surface area contributed by atoms with E-state index < -0.39 is 17.5 Å². The molecule has 1 unspecified atom stereocenters. The van der Waals surface area contributed by atoms with Gasteiger partial charge in [0.1, 0.15) is 23.1 Å². The Hall–Kier alpha value is -4.05. The third-order valence-electron chi connectivity index (χ3n) is 5.03. The van der Waals surface area contributed by atoms with E-state index in [1.165, 1.54) is 14.2 Å². The predicted molar refractivity (Wildman–Crippen MR) is 102 cm³/mol. The van der Waals surface area contributed by atoms with Crippen molar-refractivity contribution in [2.75, 3.05) is 14.2 Å². The van der Waals surface area contributed by atoms with E-state index in [9.17, 15) is 14.9 Å². The van der Waals surface area contributed by atoms with Crippen LogP contribution < -0.4 is 15.2 Å². The molecule has 0 fully saturated rings. The highest BCUT2D eigenvalue weighted by Crippen LogP contribution is 2.47. The standard InChI is InChI=1S/C22H16N2O5/c1-27-11-7-8-16(28-2)14(9-11)17-15(10-23)22(24)29-21-18(17)19(25)12-5-3-4-6-13(12)20(21)26/h3-9,17H,24H2,1-2H3. The highest BCUT2D eigenvalue weighted by Gasteiger charge is 2.44. The molecule has 1 atom stereocenters. The average Bonchev–Trinajstić information content (AvgIpc) is 2.76. The number of ether oxygens (including phenoxy) is 3. The number of nitrogens with two attached hydrogens (primary N) is 1. The average molecular weight is 388 g/mol. The van der Waals surface area contributed by atoms with E-state index in [0.717, 1.165) is 0 Å². The van der Waals surface area contributed by atoms with Gasteiger partial charge in [0.15, 0.2) is 11.5 Å². The van der Waals surface area contributed by atoms with Gasteiger partial charge in [-0.25, -0.2) is 0 Å². The summed E-state index contributed by atoms with van der Waals surface area (Å²) in [4.78, 5) is 26.4. The van der Waals surface area contributed by atoms with Gasteiger partial charge >= 0.3 is 0 Å². The lowest BCUT2D eigenvalue weighted by Crippen LogP contribution is -2.32. The Kier molecular flexibility index (Phi) is 4.32. The molecule has 0 amide bonds. The molecule has 0 saturated heterocycles. The molecule has 7 nitrogen and oxygen atoms in total. The molecule has 2 N–H and O–H groups in total. The maximum atomic E-state index is 13.4. The number of carbonyl (C=O) groups excluding carboxylic acids is 2. The van der Waals surface area contributed by atoms with E-state index in [1.54, 1.807) is 42.5 Å². The number of Topliss-reactive ketones (excluding diaryl/α,β-unsaturated/α-hetero) is 2. The van der Waals surface area contributed by atoms with Crippen molar-refractivity contribution in [1.82, 2.24) is 0 Å². The number of fused-ring (bicyclic) bond motifs is 1. The lowest BCUT2D eigenvalue weighted by Gasteiger charge is -2.31. The third-order valence-corrected chi connectivity index (χ3v) is 5.03. The minimum atomic E-state index is -0.932. The van der Waals surface area contributed by atoms with E-state index in [-0.39, 0.29) is 33.9 Å². The molecule has 2 aromatic carbocycles. The molecule has 0 aromatic heterocycles. The van der Waals surface area contributed by atoms with Crippen LogP contribution in [0, 0.1) is 11.3 Å². The fraction of sp³-hybridized carbons (Fsp3) is 0.136. The molecule has 1 heterocycles. The van der Waals surface area contributed by atoms with Gasteiger partial charge in [-0.1, -0.05) is 24.3 Å². The number of methoxy groups -OCH3 is 2. The summed E-state index contributed by atoms with van der Waals surface area (Å²) in [5.74, 6) is -1.25. The van der Waals surface area contributed by atoms with E-state index in [1.807, 2.05) is 6.07 Å². The van der Waals surface area contributed by atoms with Crippen LogP contribution in [0.5, 0.6) is 11.5 Å². The number of hydrogen-bond donors (Lipinski definition) is 1. The van der Waals surface area contributed by atoms with Crippen LogP contribution in [0.3, 0.4) is 0 Å². The number of ketones is 2. The topological polar surface area (TPSA) is 112 Å². The van der Waals surface area contributed by atoms with Crippen molar-refractivity contribution in [3.63, 3.8) is 0 Å². The van der Waals surface area contributed by atoms with Crippen molar-refractivity contribution in [3.8, 4) is 17.6 Å². The number of carbonyl (C=O) groups is 2. The second-order valence-corrected chi connectivity index (χ2v) is 6.48. The van der Waals surface area contributed by atoms with Gasteiger partial charge in [-0.3, -0.25) is 9.59 Å². The lowest BCUT2D eigenvalue weighted by molar-refractivity contribution is 0.0897. The van der Waals surface area contributed by atoms with Crippen molar-refractivity contribution in [2.24, 2.45) is 5.73 Å². The Morgan fingerprint density at radius 3 is 2.34 bits per heavy atom. The molecule has 0 bridgehead atoms. The largest absolute Gasteiger partial charge is 0.497 e. The zero-order valence-corrected chi connectivity index (χ0v) is 15.7. The Morgan fingerprint density at radius 2 is 1.72 bits per heavy atom. The normalized spacial score (nSPS) is 17.9. The Bertz CT molecular complexity index is 1170. The van der Waals surface area contributed by atoms with Crippen molar-refractivity contribution >= 4 is 11.6 Å². The molecule has 0 saturated carbocycles. The molecular weight excluding hydrogens is 372 g/mol. The number of nitriles is 1. The summed E-state index contributed by atoms with van der Waals surface area (Å²) in [5, 5.41) is 9.76. The summed E-state index contributed by atoms with van der Waals surface area (Å²) >= 11 is 0. The minimum Gasteiger partial charge on any atom is -0.497 e. The number of hydrogen-bond acceptors (Lipinski definition) is 7. The second kappa shape index (κ2) is 6.84. The van der Waals surface area contributed by atoms with Gasteiger partial charge in [-0.15, -0.1) is 0 Å². The molecule has 0 radical (unpaired) electrons. The summed E-state index contributed by atoms with van der Waals surface area (Å²) in [7, 11) is 2.98. The molecule has 0 spiro atoms. The Balaban J connectivity index is 2.02. The van der Waals surface area contributed by atoms with Gasteiger partial charge in [0.25, 0.3) is 0 Å². The van der Waals surface area contributed by atoms with Crippen molar-refractivity contribution < 1.29 is 23.8 Å². The summed E-state index contributed by atoms with van der Waals surface area (Å²) in [5.41, 5.74) is 7.03. The smallest absolute Gasteiger partial charge is 0.229 e. The Labute approximate surface area is 166 Å². The first kappa shape index (κ1) is 18.3. The molecule has 2 aromatic rings. The van der Waals surface area contributed by atoms with Crippen molar-refractivity contribution in [3.05, 3.63) is 81.9 Å². The van der Waals surface area contributed by atoms with Crippen LogP contribution in [-0.4, -0.2) is 25.8 Å². The van der Waals surface area contributed by atoms with Crippen LogP contribution in [0.4, 0.5) is 0 Å². The van der Waals surface area contributed by atoms with Gasteiger partial charge in [0, 0.05) is 16.7 Å². The molecular formula is C22H16N2O5. The van der Waals surface area contributed by atoms with Gasteiger partial charge in [-0.05, 0) is 18.2 Å². The summed E-state index contributed by atoms with van der Waals surface area (Å²) < 4.78 is 16.2. The quantitative estimate of drug-likeness (QED) is 0.860. The molecule has 2 aliphatic rings. The van der Waals surface area contributed by atoms with Gasteiger partial charge in [0.05, 0.1) is 25.7 Å². The molecule has 1 aliphatic carbocycles. The Morgan fingerprint density at radius 1 is 1.03 bits per heavy atom. The third kappa shape index (κ3) is 2.65. The zero-order chi connectivity index (χ0) is 20.7. The van der Waals surface area contributed by atoms with Crippen LogP contribution in [-0.2, 0) is 4.74 Å². The number of allylic oxidation sites excluding steroid dienone is 3.